The van der Waals surface area contributed by atoms with Crippen molar-refractivity contribution in [2.75, 3.05) is 18.0 Å². The van der Waals surface area contributed by atoms with Crippen LogP contribution in [0.4, 0.5) is 5.69 Å². The van der Waals surface area contributed by atoms with Crippen LogP contribution in [0.5, 0.6) is 5.75 Å². The predicted molar refractivity (Wildman–Crippen MR) is 183 cm³/mol. The number of nitrogens with one attached hydrogen (secondary N) is 1. The SMILES string of the molecule is CCC(C)NC(=O)C(Cc1ccccc1)N(Cc1ccc(Cl)c(Cl)c1)C(=O)CN(c1cccc(OC)c1)S(=O)(=O)c1ccccc1. The Labute approximate surface area is 280 Å². The first-order chi connectivity index (χ1) is 22.0. The minimum absolute atomic E-state index is 0.0111. The van der Waals surface area contributed by atoms with Gasteiger partial charge in [0.15, 0.2) is 0 Å². The molecule has 0 bridgehead atoms. The Morgan fingerprint density at radius 2 is 1.52 bits per heavy atom. The summed E-state index contributed by atoms with van der Waals surface area (Å²) >= 11 is 12.5. The fourth-order valence-electron chi connectivity index (χ4n) is 4.84. The van der Waals surface area contributed by atoms with E-state index in [0.29, 0.717) is 27.8 Å². The Hall–Kier alpha value is -4.05. The monoisotopic (exact) mass is 681 g/mol. The van der Waals surface area contributed by atoms with Crippen LogP contribution in [0, 0.1) is 0 Å². The van der Waals surface area contributed by atoms with Gasteiger partial charge in [0.1, 0.15) is 18.3 Å². The van der Waals surface area contributed by atoms with E-state index >= 15 is 0 Å². The number of nitrogens with zero attached hydrogens (tertiary/aromatic N) is 2. The van der Waals surface area contributed by atoms with Crippen LogP contribution in [-0.4, -0.2) is 50.9 Å². The second-order valence-electron chi connectivity index (χ2n) is 10.8. The lowest BCUT2D eigenvalue weighted by Gasteiger charge is -2.34. The maximum atomic E-state index is 14.6. The molecule has 2 amide bonds. The molecule has 0 spiro atoms. The maximum Gasteiger partial charge on any atom is 0.264 e. The maximum absolute atomic E-state index is 14.6. The average molecular weight is 683 g/mol. The number of hydrogen-bond donors (Lipinski definition) is 1. The molecule has 2 atom stereocenters. The van der Waals surface area contributed by atoms with Crippen molar-refractivity contribution in [2.24, 2.45) is 0 Å². The molecule has 242 valence electrons. The quantitative estimate of drug-likeness (QED) is 0.159. The fraction of sp³-hybridized carbons (Fsp3) is 0.257. The second kappa shape index (κ2) is 16.0. The van der Waals surface area contributed by atoms with Crippen molar-refractivity contribution >= 4 is 50.7 Å². The number of rotatable bonds is 14. The molecule has 0 fully saturated rings. The summed E-state index contributed by atoms with van der Waals surface area (Å²) in [5.74, 6) is -0.528. The van der Waals surface area contributed by atoms with E-state index in [4.69, 9.17) is 27.9 Å². The molecule has 0 aliphatic rings. The summed E-state index contributed by atoms with van der Waals surface area (Å²) in [6, 6.07) is 27.6. The predicted octanol–water partition coefficient (Wildman–Crippen LogP) is 6.75. The minimum atomic E-state index is -4.23. The smallest absolute Gasteiger partial charge is 0.264 e. The zero-order chi connectivity index (χ0) is 33.3. The van der Waals surface area contributed by atoms with Gasteiger partial charge in [-0.15, -0.1) is 0 Å². The molecule has 8 nitrogen and oxygen atoms in total. The average Bonchev–Trinajstić information content (AvgIpc) is 3.07. The number of sulfonamides is 1. The number of carbonyl (C=O) groups excluding carboxylic acids is 2. The normalized spacial score (nSPS) is 12.5. The number of carbonyl (C=O) groups is 2. The van der Waals surface area contributed by atoms with Crippen molar-refractivity contribution < 1.29 is 22.7 Å². The topological polar surface area (TPSA) is 96.0 Å². The van der Waals surface area contributed by atoms with Crippen molar-refractivity contribution in [3.63, 3.8) is 0 Å². The molecule has 11 heteroatoms. The Morgan fingerprint density at radius 3 is 2.15 bits per heavy atom. The van der Waals surface area contributed by atoms with Crippen LogP contribution in [0.2, 0.25) is 10.0 Å². The summed E-state index contributed by atoms with van der Waals surface area (Å²) in [5, 5.41) is 3.66. The summed E-state index contributed by atoms with van der Waals surface area (Å²) in [7, 11) is -2.75. The molecule has 4 aromatic carbocycles. The van der Waals surface area contributed by atoms with E-state index < -0.39 is 28.5 Å². The van der Waals surface area contributed by atoms with Gasteiger partial charge in [-0.2, -0.15) is 0 Å². The Balaban J connectivity index is 1.83. The van der Waals surface area contributed by atoms with Crippen LogP contribution < -0.4 is 14.4 Å². The third-order valence-corrected chi connectivity index (χ3v) is 10.1. The Kier molecular flexibility index (Phi) is 12.1. The molecule has 0 aromatic heterocycles. The van der Waals surface area contributed by atoms with Gasteiger partial charge >= 0.3 is 0 Å². The highest BCUT2D eigenvalue weighted by Crippen LogP contribution is 2.29. The molecule has 46 heavy (non-hydrogen) atoms. The zero-order valence-electron chi connectivity index (χ0n) is 25.9. The lowest BCUT2D eigenvalue weighted by Crippen LogP contribution is -2.54. The molecule has 0 saturated heterocycles. The van der Waals surface area contributed by atoms with E-state index in [9.17, 15) is 18.0 Å². The Morgan fingerprint density at radius 1 is 0.848 bits per heavy atom. The summed E-state index contributed by atoms with van der Waals surface area (Å²) in [6.07, 6.45) is 0.879. The van der Waals surface area contributed by atoms with E-state index in [1.54, 1.807) is 60.7 Å². The van der Waals surface area contributed by atoms with Crippen LogP contribution in [0.3, 0.4) is 0 Å². The molecular weight excluding hydrogens is 645 g/mol. The zero-order valence-corrected chi connectivity index (χ0v) is 28.2. The summed E-state index contributed by atoms with van der Waals surface area (Å²) in [5.41, 5.74) is 1.69. The van der Waals surface area contributed by atoms with Gasteiger partial charge in [0.2, 0.25) is 11.8 Å². The second-order valence-corrected chi connectivity index (χ2v) is 13.5. The number of benzene rings is 4. The third kappa shape index (κ3) is 8.81. The van der Waals surface area contributed by atoms with Gasteiger partial charge < -0.3 is 15.0 Å². The Bertz CT molecular complexity index is 1740. The fourth-order valence-corrected chi connectivity index (χ4v) is 6.59. The molecule has 4 rings (SSSR count). The molecule has 0 aliphatic carbocycles. The highest BCUT2D eigenvalue weighted by atomic mass is 35.5. The van der Waals surface area contributed by atoms with Crippen LogP contribution >= 0.6 is 23.2 Å². The summed E-state index contributed by atoms with van der Waals surface area (Å²) < 4.78 is 34.6. The number of methoxy groups -OCH3 is 1. The van der Waals surface area contributed by atoms with E-state index in [2.05, 4.69) is 5.32 Å². The van der Waals surface area contributed by atoms with Crippen molar-refractivity contribution in [1.29, 1.82) is 0 Å². The van der Waals surface area contributed by atoms with Crippen LogP contribution in [0.25, 0.3) is 0 Å². The van der Waals surface area contributed by atoms with Gasteiger partial charge in [0.05, 0.1) is 27.7 Å². The number of hydrogen-bond acceptors (Lipinski definition) is 5. The third-order valence-electron chi connectivity index (χ3n) is 7.56. The van der Waals surface area contributed by atoms with Gasteiger partial charge in [0.25, 0.3) is 10.0 Å². The summed E-state index contributed by atoms with van der Waals surface area (Å²) in [4.78, 5) is 29.9. The molecule has 1 N–H and O–H groups in total. The lowest BCUT2D eigenvalue weighted by molar-refractivity contribution is -0.140. The molecule has 0 heterocycles. The van der Waals surface area contributed by atoms with Crippen LogP contribution in [0.1, 0.15) is 31.4 Å². The first-order valence-electron chi connectivity index (χ1n) is 14.8. The standard InChI is InChI=1S/C35H37Cl2N3O5S/c1-4-25(2)38-35(42)33(21-26-12-7-5-8-13-26)39(23-27-18-19-31(36)32(37)20-27)34(41)24-40(28-14-11-15-29(22-28)45-3)46(43,44)30-16-9-6-10-17-30/h5-20,22,25,33H,4,21,23-24H2,1-3H3,(H,38,42). The van der Waals surface area contributed by atoms with Crippen molar-refractivity contribution in [3.8, 4) is 5.75 Å². The molecular formula is C35H37Cl2N3O5S. The molecule has 0 radical (unpaired) electrons. The van der Waals surface area contributed by atoms with Crippen molar-refractivity contribution in [1.82, 2.24) is 10.2 Å². The largest absolute Gasteiger partial charge is 0.497 e. The van der Waals surface area contributed by atoms with Crippen LogP contribution in [0.15, 0.2) is 108 Å². The molecule has 0 saturated carbocycles. The molecule has 2 unspecified atom stereocenters. The number of amides is 2. The number of anilines is 1. The highest BCUT2D eigenvalue weighted by molar-refractivity contribution is 7.92. The highest BCUT2D eigenvalue weighted by Gasteiger charge is 2.35. The molecule has 0 aliphatic heterocycles. The van der Waals surface area contributed by atoms with E-state index in [0.717, 1.165) is 9.87 Å². The van der Waals surface area contributed by atoms with Gasteiger partial charge in [0, 0.05) is 25.1 Å². The van der Waals surface area contributed by atoms with E-state index in [1.165, 1.54) is 24.1 Å². The summed E-state index contributed by atoms with van der Waals surface area (Å²) in [6.45, 7) is 3.22. The van der Waals surface area contributed by atoms with Gasteiger partial charge in [-0.3, -0.25) is 13.9 Å². The first-order valence-corrected chi connectivity index (χ1v) is 17.0. The number of ether oxygens (including phenoxy) is 1. The van der Waals surface area contributed by atoms with E-state index in [1.807, 2.05) is 44.2 Å². The first kappa shape index (κ1) is 34.8. The molecule has 4 aromatic rings. The van der Waals surface area contributed by atoms with Crippen molar-refractivity contribution in [2.45, 2.75) is 50.2 Å². The van der Waals surface area contributed by atoms with Crippen molar-refractivity contribution in [3.05, 3.63) is 124 Å². The minimum Gasteiger partial charge on any atom is -0.497 e. The van der Waals surface area contributed by atoms with Gasteiger partial charge in [-0.25, -0.2) is 8.42 Å². The van der Waals surface area contributed by atoms with Gasteiger partial charge in [-0.05, 0) is 60.9 Å². The number of halogens is 2. The van der Waals surface area contributed by atoms with E-state index in [-0.39, 0.29) is 35.5 Å². The lowest BCUT2D eigenvalue weighted by atomic mass is 10.0. The van der Waals surface area contributed by atoms with Gasteiger partial charge in [-0.1, -0.05) is 90.8 Å². The van der Waals surface area contributed by atoms with Crippen LogP contribution in [-0.2, 0) is 32.6 Å².